The van der Waals surface area contributed by atoms with Crippen molar-refractivity contribution in [1.29, 1.82) is 0 Å². The summed E-state index contributed by atoms with van der Waals surface area (Å²) in [6, 6.07) is 10.2. The standard InChI is InChI=1S/C30H36N2O4/c1-18(2)27-24-16-23(20-10-12-32(13-11-20)29(34)36-30(4,5)6)19(3)14-25(24)31-28(27)21-8-9-26(35-7)22(15-21)17-33/h8-10,14-18,31H,11-13H2,1-7H3. The normalized spacial score (nSPS) is 14.2. The molecule has 1 aliphatic heterocycles. The van der Waals surface area contributed by atoms with Crippen LogP contribution in [0.1, 0.15) is 74.0 Å². The molecule has 0 aliphatic carbocycles. The van der Waals surface area contributed by atoms with Gasteiger partial charge in [-0.15, -0.1) is 0 Å². The van der Waals surface area contributed by atoms with Gasteiger partial charge < -0.3 is 19.4 Å². The minimum Gasteiger partial charge on any atom is -0.496 e. The number of benzene rings is 2. The summed E-state index contributed by atoms with van der Waals surface area (Å²) in [6.07, 6.45) is 3.49. The highest BCUT2D eigenvalue weighted by Gasteiger charge is 2.25. The van der Waals surface area contributed by atoms with Crippen LogP contribution in [-0.2, 0) is 4.74 Å². The molecule has 1 aromatic heterocycles. The van der Waals surface area contributed by atoms with E-state index in [-0.39, 0.29) is 12.0 Å². The summed E-state index contributed by atoms with van der Waals surface area (Å²) in [6.45, 7) is 13.3. The lowest BCUT2D eigenvalue weighted by atomic mass is 9.90. The van der Waals surface area contributed by atoms with Crippen LogP contribution in [0.3, 0.4) is 0 Å². The number of H-pyrrole nitrogens is 1. The number of aryl methyl sites for hydroxylation is 1. The molecule has 2 heterocycles. The monoisotopic (exact) mass is 488 g/mol. The number of carbonyl (C=O) groups is 2. The Hall–Kier alpha value is -3.54. The second kappa shape index (κ2) is 9.84. The van der Waals surface area contributed by atoms with Crippen molar-refractivity contribution in [2.75, 3.05) is 20.2 Å². The van der Waals surface area contributed by atoms with Crippen molar-refractivity contribution in [2.45, 2.75) is 59.5 Å². The molecule has 36 heavy (non-hydrogen) atoms. The van der Waals surface area contributed by atoms with Gasteiger partial charge in [-0.1, -0.05) is 19.9 Å². The minimum atomic E-state index is -0.502. The highest BCUT2D eigenvalue weighted by molar-refractivity contribution is 5.95. The van der Waals surface area contributed by atoms with Crippen molar-refractivity contribution in [1.82, 2.24) is 9.88 Å². The maximum atomic E-state index is 12.5. The van der Waals surface area contributed by atoms with Crippen LogP contribution in [-0.4, -0.2) is 48.1 Å². The summed E-state index contributed by atoms with van der Waals surface area (Å²) in [5, 5.41) is 1.18. The molecule has 4 rings (SSSR count). The molecule has 1 N–H and O–H groups in total. The Bertz CT molecular complexity index is 1340. The van der Waals surface area contributed by atoms with E-state index in [4.69, 9.17) is 9.47 Å². The van der Waals surface area contributed by atoms with Crippen molar-refractivity contribution >= 4 is 28.9 Å². The first-order valence-electron chi connectivity index (χ1n) is 12.5. The van der Waals surface area contributed by atoms with Gasteiger partial charge in [0.2, 0.25) is 0 Å². The van der Waals surface area contributed by atoms with E-state index >= 15 is 0 Å². The van der Waals surface area contributed by atoms with Crippen molar-refractivity contribution in [3.63, 3.8) is 0 Å². The number of carbonyl (C=O) groups excluding carboxylic acids is 2. The minimum absolute atomic E-state index is 0.267. The lowest BCUT2D eigenvalue weighted by molar-refractivity contribution is 0.0270. The average Bonchev–Trinajstić information content (AvgIpc) is 3.20. The number of nitrogens with one attached hydrogen (secondary N) is 1. The summed E-state index contributed by atoms with van der Waals surface area (Å²) in [4.78, 5) is 29.5. The van der Waals surface area contributed by atoms with Gasteiger partial charge in [-0.25, -0.2) is 4.79 Å². The van der Waals surface area contributed by atoms with Crippen molar-refractivity contribution < 1.29 is 19.1 Å². The highest BCUT2D eigenvalue weighted by Crippen LogP contribution is 2.39. The van der Waals surface area contributed by atoms with E-state index in [0.717, 1.165) is 29.5 Å². The number of nitrogens with zero attached hydrogens (tertiary/aromatic N) is 1. The van der Waals surface area contributed by atoms with Crippen molar-refractivity contribution in [3.8, 4) is 17.0 Å². The van der Waals surface area contributed by atoms with Crippen LogP contribution in [0.15, 0.2) is 36.4 Å². The number of aromatic nitrogens is 1. The van der Waals surface area contributed by atoms with Crippen LogP contribution >= 0.6 is 0 Å². The van der Waals surface area contributed by atoms with E-state index < -0.39 is 5.60 Å². The van der Waals surface area contributed by atoms with E-state index in [1.54, 1.807) is 12.0 Å². The number of hydrogen-bond donors (Lipinski definition) is 1. The Morgan fingerprint density at radius 1 is 1.17 bits per heavy atom. The molecule has 1 amide bonds. The molecule has 0 saturated carbocycles. The smallest absolute Gasteiger partial charge is 0.410 e. The molecule has 0 radical (unpaired) electrons. The summed E-state index contributed by atoms with van der Waals surface area (Å²) < 4.78 is 10.9. The van der Waals surface area contributed by atoms with Crippen LogP contribution in [0, 0.1) is 6.92 Å². The van der Waals surface area contributed by atoms with Crippen LogP contribution < -0.4 is 4.74 Å². The second-order valence-corrected chi connectivity index (χ2v) is 10.8. The number of amides is 1. The van der Waals surface area contributed by atoms with Gasteiger partial charge in [-0.05, 0) is 98.2 Å². The summed E-state index contributed by atoms with van der Waals surface area (Å²) in [5.41, 5.74) is 7.95. The molecule has 0 fully saturated rings. The number of fused-ring (bicyclic) bond motifs is 1. The first kappa shape index (κ1) is 25.5. The predicted molar refractivity (Wildman–Crippen MR) is 145 cm³/mol. The third-order valence-electron chi connectivity index (χ3n) is 6.61. The summed E-state index contributed by atoms with van der Waals surface area (Å²) in [5.74, 6) is 0.841. The van der Waals surface area contributed by atoms with Crippen LogP contribution in [0.4, 0.5) is 4.79 Å². The van der Waals surface area contributed by atoms with Crippen LogP contribution in [0.2, 0.25) is 0 Å². The lowest BCUT2D eigenvalue weighted by Gasteiger charge is -2.30. The summed E-state index contributed by atoms with van der Waals surface area (Å²) >= 11 is 0. The molecule has 1 aliphatic rings. The molecule has 3 aromatic rings. The average molecular weight is 489 g/mol. The molecular weight excluding hydrogens is 452 g/mol. The van der Waals surface area contributed by atoms with E-state index in [1.807, 2.05) is 39.0 Å². The van der Waals surface area contributed by atoms with Gasteiger partial charge in [0.1, 0.15) is 11.4 Å². The maximum absolute atomic E-state index is 12.5. The zero-order valence-electron chi connectivity index (χ0n) is 22.3. The zero-order chi connectivity index (χ0) is 26.2. The molecule has 190 valence electrons. The molecule has 6 nitrogen and oxygen atoms in total. The number of aromatic amines is 1. The van der Waals surface area contributed by atoms with Gasteiger partial charge in [0.15, 0.2) is 6.29 Å². The fraction of sp³-hybridized carbons (Fsp3) is 0.400. The Kier molecular flexibility index (Phi) is 6.98. The zero-order valence-corrected chi connectivity index (χ0v) is 22.3. The first-order chi connectivity index (χ1) is 17.0. The predicted octanol–water partition coefficient (Wildman–Crippen LogP) is 7.11. The van der Waals surface area contributed by atoms with E-state index in [9.17, 15) is 9.59 Å². The molecule has 0 unspecified atom stereocenters. The molecule has 0 atom stereocenters. The number of hydrogen-bond acceptors (Lipinski definition) is 4. The van der Waals surface area contributed by atoms with Gasteiger partial charge in [0, 0.05) is 29.7 Å². The summed E-state index contributed by atoms with van der Waals surface area (Å²) in [7, 11) is 1.57. The fourth-order valence-corrected chi connectivity index (χ4v) is 4.93. The van der Waals surface area contributed by atoms with Crippen LogP contribution in [0.5, 0.6) is 5.75 Å². The SMILES string of the molecule is COc1ccc(-c2[nH]c3cc(C)c(C4=CCN(C(=O)OC(C)(C)C)CC4)cc3c2C(C)C)cc1C=O. The number of methoxy groups -OCH3 is 1. The maximum Gasteiger partial charge on any atom is 0.410 e. The Balaban J connectivity index is 1.73. The quantitative estimate of drug-likeness (QED) is 0.388. The Labute approximate surface area is 213 Å². The van der Waals surface area contributed by atoms with E-state index in [1.165, 1.54) is 27.6 Å². The Morgan fingerprint density at radius 2 is 1.92 bits per heavy atom. The number of ether oxygens (including phenoxy) is 2. The first-order valence-corrected chi connectivity index (χ1v) is 12.5. The molecule has 0 saturated heterocycles. The van der Waals surface area contributed by atoms with Crippen molar-refractivity contribution in [3.05, 3.63) is 58.7 Å². The van der Waals surface area contributed by atoms with Crippen LogP contribution in [0.25, 0.3) is 27.7 Å². The molecule has 0 bridgehead atoms. The number of rotatable bonds is 5. The molecule has 0 spiro atoms. The van der Waals surface area contributed by atoms with Gasteiger partial charge in [-0.2, -0.15) is 0 Å². The largest absolute Gasteiger partial charge is 0.496 e. The highest BCUT2D eigenvalue weighted by atomic mass is 16.6. The second-order valence-electron chi connectivity index (χ2n) is 10.8. The molecule has 6 heteroatoms. The molecular formula is C30H36N2O4. The topological polar surface area (TPSA) is 71.6 Å². The lowest BCUT2D eigenvalue weighted by Crippen LogP contribution is -2.39. The van der Waals surface area contributed by atoms with E-state index in [0.29, 0.717) is 24.4 Å². The Morgan fingerprint density at radius 3 is 2.50 bits per heavy atom. The van der Waals surface area contributed by atoms with Gasteiger partial charge in [0.05, 0.1) is 12.7 Å². The number of aldehydes is 1. The third-order valence-corrected chi connectivity index (χ3v) is 6.61. The van der Waals surface area contributed by atoms with Gasteiger partial charge in [-0.3, -0.25) is 4.79 Å². The van der Waals surface area contributed by atoms with E-state index in [2.05, 4.69) is 44.0 Å². The van der Waals surface area contributed by atoms with Gasteiger partial charge in [0.25, 0.3) is 0 Å². The fourth-order valence-electron chi connectivity index (χ4n) is 4.93. The third kappa shape index (κ3) is 5.03. The molecule has 2 aromatic carbocycles. The van der Waals surface area contributed by atoms with Gasteiger partial charge >= 0.3 is 6.09 Å². The van der Waals surface area contributed by atoms with Crippen molar-refractivity contribution in [2.24, 2.45) is 0 Å².